The Morgan fingerprint density at radius 3 is 2.21 bits per heavy atom. The highest BCUT2D eigenvalue weighted by molar-refractivity contribution is 6.23. The number of halogens is 3. The van der Waals surface area contributed by atoms with Gasteiger partial charge in [0.1, 0.15) is 11.5 Å². The molecule has 0 saturated carbocycles. The molecule has 43 heavy (non-hydrogen) atoms. The minimum absolute atomic E-state index is 0.0137. The molecule has 0 aliphatic heterocycles. The first-order valence-corrected chi connectivity index (χ1v) is 14.7. The van der Waals surface area contributed by atoms with Gasteiger partial charge in [-0.25, -0.2) is 0 Å². The molecule has 1 N–H and O–H groups in total. The number of hydrogen-bond donors (Lipinski definition) is 1. The van der Waals surface area contributed by atoms with Gasteiger partial charge in [-0.3, -0.25) is 9.59 Å². The van der Waals surface area contributed by atoms with E-state index < -0.39 is 22.6 Å². The monoisotopic (exact) mass is 592 g/mol. The van der Waals surface area contributed by atoms with Crippen LogP contribution in [0.5, 0.6) is 5.75 Å². The van der Waals surface area contributed by atoms with Gasteiger partial charge in [-0.1, -0.05) is 58.0 Å². The number of benzene rings is 2. The summed E-state index contributed by atoms with van der Waals surface area (Å²) in [5.74, 6) is -0.804. The Morgan fingerprint density at radius 2 is 1.67 bits per heavy atom. The van der Waals surface area contributed by atoms with E-state index >= 15 is 0 Å². The van der Waals surface area contributed by atoms with E-state index in [1.165, 1.54) is 19.1 Å². The number of carbonyl (C=O) groups is 2. The molecule has 0 fully saturated rings. The highest BCUT2D eigenvalue weighted by Gasteiger charge is 2.64. The number of ether oxygens (including phenoxy) is 1. The third kappa shape index (κ3) is 4.49. The smallest absolute Gasteiger partial charge is 0.511 e. The van der Waals surface area contributed by atoms with E-state index in [1.54, 1.807) is 19.1 Å². The van der Waals surface area contributed by atoms with Gasteiger partial charge in [0.2, 0.25) is 0 Å². The Hall–Kier alpha value is -3.61. The fourth-order valence-electron chi connectivity index (χ4n) is 8.43. The van der Waals surface area contributed by atoms with Crippen molar-refractivity contribution in [2.24, 2.45) is 16.2 Å². The Labute approximate surface area is 251 Å². The maximum Gasteiger partial charge on any atom is 0.573 e. The number of aliphatic hydroxyl groups is 1. The van der Waals surface area contributed by atoms with Crippen molar-refractivity contribution in [3.63, 3.8) is 0 Å². The minimum Gasteiger partial charge on any atom is -0.511 e. The molecule has 7 heteroatoms. The quantitative estimate of drug-likeness (QED) is 0.359. The zero-order chi connectivity index (χ0) is 32.0. The number of hydrogen-bond acceptors (Lipinski definition) is 4. The number of rotatable bonds is 4. The van der Waals surface area contributed by atoms with E-state index in [0.717, 1.165) is 39.0 Å². The first-order chi connectivity index (χ1) is 19.8. The Morgan fingerprint density at radius 1 is 1.07 bits per heavy atom. The van der Waals surface area contributed by atoms with Gasteiger partial charge in [-0.15, -0.1) is 13.2 Å². The summed E-state index contributed by atoms with van der Waals surface area (Å²) in [4.78, 5) is 26.6. The topological polar surface area (TPSA) is 63.6 Å². The molecule has 2 aromatic carbocycles. The molecular formula is C36H39F3O4. The summed E-state index contributed by atoms with van der Waals surface area (Å²) in [7, 11) is 0. The third-order valence-corrected chi connectivity index (χ3v) is 10.3. The van der Waals surface area contributed by atoms with E-state index in [9.17, 15) is 27.9 Å². The molecule has 0 spiro atoms. The summed E-state index contributed by atoms with van der Waals surface area (Å²) < 4.78 is 42.4. The molecule has 0 amide bonds. The largest absolute Gasteiger partial charge is 0.573 e. The maximum absolute atomic E-state index is 14.1. The zero-order valence-corrected chi connectivity index (χ0v) is 26.1. The minimum atomic E-state index is -4.78. The van der Waals surface area contributed by atoms with Crippen LogP contribution in [0.1, 0.15) is 89.5 Å². The zero-order valence-electron chi connectivity index (χ0n) is 26.1. The lowest BCUT2D eigenvalue weighted by Crippen LogP contribution is -2.56. The number of allylic oxidation sites excluding steroid dienone is 5. The second-order valence-corrected chi connectivity index (χ2v) is 13.7. The lowest BCUT2D eigenvalue weighted by molar-refractivity contribution is -0.274. The van der Waals surface area contributed by atoms with Gasteiger partial charge in [0, 0.05) is 11.0 Å². The molecule has 0 unspecified atom stereocenters. The number of aliphatic hydroxyl groups excluding tert-OH is 1. The van der Waals surface area contributed by atoms with E-state index in [-0.39, 0.29) is 34.6 Å². The Bertz CT molecular complexity index is 1660. The first kappa shape index (κ1) is 30.8. The van der Waals surface area contributed by atoms with Crippen LogP contribution in [0.25, 0.3) is 16.7 Å². The standard InChI is InChI=1S/C36H39F3O4/c1-18(2)25-14-26(23-10-12-24(13-11-23)43-36(37,38)39)20(4)29-21(5)30-32(42)35(9)31(41)28(22(6)40)19(3)15-34(35,8)17-33(30,7)16-27(25)29/h10-14,18,42H,5,15-17H2,1-4,6-9H3/t33-,34+,35-/m1/s1. The molecule has 3 aliphatic carbocycles. The fraction of sp³-hybridized carbons (Fsp3) is 0.444. The molecule has 0 saturated heterocycles. The second-order valence-electron chi connectivity index (χ2n) is 13.7. The first-order valence-electron chi connectivity index (χ1n) is 14.7. The van der Waals surface area contributed by atoms with Gasteiger partial charge in [0.05, 0.1) is 11.0 Å². The number of Topliss-reactive ketones (excluding diaryl/α,β-unsaturated/α-hetero) is 2. The van der Waals surface area contributed by atoms with Crippen LogP contribution in [0, 0.1) is 23.2 Å². The van der Waals surface area contributed by atoms with Gasteiger partial charge in [0.25, 0.3) is 0 Å². The van der Waals surface area contributed by atoms with E-state index in [2.05, 4.69) is 38.2 Å². The Kier molecular flexibility index (Phi) is 6.95. The van der Waals surface area contributed by atoms with Crippen LogP contribution in [0.15, 0.2) is 59.4 Å². The third-order valence-electron chi connectivity index (χ3n) is 10.3. The van der Waals surface area contributed by atoms with Gasteiger partial charge in [-0.05, 0) is 109 Å². The molecule has 3 atom stereocenters. The molecule has 0 radical (unpaired) electrons. The van der Waals surface area contributed by atoms with Crippen LogP contribution in [0.4, 0.5) is 13.2 Å². The average molecular weight is 593 g/mol. The molecule has 2 aromatic rings. The molecular weight excluding hydrogens is 553 g/mol. The van der Waals surface area contributed by atoms with Crippen molar-refractivity contribution in [1.29, 1.82) is 0 Å². The van der Waals surface area contributed by atoms with Gasteiger partial charge < -0.3 is 9.84 Å². The molecule has 0 aromatic heterocycles. The van der Waals surface area contributed by atoms with Crippen molar-refractivity contribution in [3.8, 4) is 16.9 Å². The van der Waals surface area contributed by atoms with Crippen LogP contribution in [0.2, 0.25) is 0 Å². The van der Waals surface area contributed by atoms with Crippen molar-refractivity contribution in [2.45, 2.75) is 86.9 Å². The van der Waals surface area contributed by atoms with Crippen LogP contribution in [-0.4, -0.2) is 23.0 Å². The van der Waals surface area contributed by atoms with E-state index in [4.69, 9.17) is 0 Å². The lowest BCUT2D eigenvalue weighted by Gasteiger charge is -2.58. The molecule has 5 rings (SSSR count). The van der Waals surface area contributed by atoms with Crippen molar-refractivity contribution in [1.82, 2.24) is 0 Å². The Balaban J connectivity index is 1.72. The van der Waals surface area contributed by atoms with Gasteiger partial charge >= 0.3 is 6.36 Å². The molecule has 0 heterocycles. The highest BCUT2D eigenvalue weighted by atomic mass is 19.4. The SMILES string of the molecule is C=C1C2=C(O)[C@@]3(C)C(=O)C(C(C)=O)=C(C)C[C@@]3(C)C[C@@]2(C)Cc2c(C(C)C)cc(-c3ccc(OC(F)(F)F)cc3)c(C)c21. The van der Waals surface area contributed by atoms with Crippen molar-refractivity contribution < 1.29 is 32.6 Å². The van der Waals surface area contributed by atoms with Crippen LogP contribution < -0.4 is 4.74 Å². The van der Waals surface area contributed by atoms with Crippen molar-refractivity contribution in [3.05, 3.63) is 81.6 Å². The fourth-order valence-corrected chi connectivity index (χ4v) is 8.43. The predicted molar refractivity (Wildman–Crippen MR) is 162 cm³/mol. The highest BCUT2D eigenvalue weighted by Crippen LogP contribution is 2.67. The summed E-state index contributed by atoms with van der Waals surface area (Å²) in [6.07, 6.45) is -2.99. The van der Waals surface area contributed by atoms with Crippen molar-refractivity contribution in [2.75, 3.05) is 0 Å². The van der Waals surface area contributed by atoms with E-state index in [0.29, 0.717) is 30.4 Å². The summed E-state index contributed by atoms with van der Waals surface area (Å²) >= 11 is 0. The number of alkyl halides is 3. The molecule has 228 valence electrons. The second kappa shape index (κ2) is 9.70. The lowest BCUT2D eigenvalue weighted by atomic mass is 9.44. The summed E-state index contributed by atoms with van der Waals surface area (Å²) in [5, 5.41) is 12.2. The van der Waals surface area contributed by atoms with Crippen LogP contribution in [-0.2, 0) is 16.0 Å². The van der Waals surface area contributed by atoms with Crippen molar-refractivity contribution >= 4 is 17.1 Å². The molecule has 4 nitrogen and oxygen atoms in total. The molecule has 0 bridgehead atoms. The summed E-state index contributed by atoms with van der Waals surface area (Å²) in [6, 6.07) is 7.94. The average Bonchev–Trinajstić information content (AvgIpc) is 2.85. The van der Waals surface area contributed by atoms with Gasteiger partial charge in [-0.2, -0.15) is 0 Å². The summed E-state index contributed by atoms with van der Waals surface area (Å²) in [5.41, 5.74) is 5.45. The predicted octanol–water partition coefficient (Wildman–Crippen LogP) is 9.37. The maximum atomic E-state index is 14.1. The van der Waals surface area contributed by atoms with Crippen LogP contribution in [0.3, 0.4) is 0 Å². The number of fused-ring (bicyclic) bond motifs is 3. The number of carbonyl (C=O) groups excluding carboxylic acids is 2. The van der Waals surface area contributed by atoms with E-state index in [1.807, 2.05) is 20.8 Å². The normalized spacial score (nSPS) is 27.3. The molecule has 3 aliphatic rings. The van der Waals surface area contributed by atoms with Gasteiger partial charge in [0.15, 0.2) is 11.6 Å². The summed E-state index contributed by atoms with van der Waals surface area (Å²) in [6.45, 7) is 19.9. The van der Waals surface area contributed by atoms with Crippen LogP contribution >= 0.6 is 0 Å². The number of ketones is 2.